The lowest BCUT2D eigenvalue weighted by atomic mass is 9.73. The summed E-state index contributed by atoms with van der Waals surface area (Å²) in [4.78, 5) is 24.7. The predicted octanol–water partition coefficient (Wildman–Crippen LogP) is 3.88. The van der Waals surface area contributed by atoms with Gasteiger partial charge in [0.25, 0.3) is 8.32 Å². The van der Waals surface area contributed by atoms with Crippen LogP contribution in [0.25, 0.3) is 0 Å². The number of rotatable bonds is 7. The summed E-state index contributed by atoms with van der Waals surface area (Å²) in [6.45, 7) is 8.57. The molecule has 1 aliphatic heterocycles. The molecule has 2 bridgehead atoms. The molecule has 2 aliphatic rings. The van der Waals surface area contributed by atoms with Gasteiger partial charge < -0.3 is 13.9 Å². The van der Waals surface area contributed by atoms with E-state index in [1.54, 1.807) is 0 Å². The molecule has 0 N–H and O–H groups in total. The Morgan fingerprint density at radius 1 is 0.912 bits per heavy atom. The SMILES string of the molecule is CC(=O)OC[C@@H]1O[C@H](CO[Si](c2ccccc2)(c2ccccc2)C(C)(C)C)[C@H]2CCC[C@@H]1C2=O. The van der Waals surface area contributed by atoms with Gasteiger partial charge in [0.05, 0.1) is 12.7 Å². The number of ketones is 1. The number of ether oxygens (including phenoxy) is 2. The lowest BCUT2D eigenvalue weighted by Gasteiger charge is -2.47. The van der Waals surface area contributed by atoms with Crippen molar-refractivity contribution < 1.29 is 23.5 Å². The standard InChI is InChI=1S/C28H36O5Si/c1-20(29)31-18-25-23-16-11-17-24(27(23)30)26(33-25)19-32-34(28(2,3)4,21-12-7-5-8-13-21)22-14-9-6-10-15-22/h5-10,12-15,23-26H,11,16-19H2,1-4H3/t23-,24+,25-,26+/m0/s1. The number of fused-ring (bicyclic) bond motifs is 2. The van der Waals surface area contributed by atoms with E-state index < -0.39 is 14.4 Å². The summed E-state index contributed by atoms with van der Waals surface area (Å²) in [7, 11) is -2.73. The highest BCUT2D eigenvalue weighted by atomic mass is 28.4. The van der Waals surface area contributed by atoms with Gasteiger partial charge in [-0.05, 0) is 28.3 Å². The van der Waals surface area contributed by atoms with Crippen molar-refractivity contribution >= 4 is 30.4 Å². The Hall–Kier alpha value is -2.28. The molecule has 0 amide bonds. The second-order valence-corrected chi connectivity index (χ2v) is 14.8. The summed E-state index contributed by atoms with van der Waals surface area (Å²) >= 11 is 0. The van der Waals surface area contributed by atoms with Crippen molar-refractivity contribution in [2.75, 3.05) is 13.2 Å². The Morgan fingerprint density at radius 3 is 1.88 bits per heavy atom. The summed E-state index contributed by atoms with van der Waals surface area (Å²) in [6, 6.07) is 21.0. The average molecular weight is 481 g/mol. The van der Waals surface area contributed by atoms with Crippen molar-refractivity contribution in [1.82, 2.24) is 0 Å². The second kappa shape index (κ2) is 10.1. The number of esters is 1. The van der Waals surface area contributed by atoms with Crippen molar-refractivity contribution in [3.8, 4) is 0 Å². The van der Waals surface area contributed by atoms with Gasteiger partial charge in [-0.1, -0.05) is 87.9 Å². The Kier molecular flexibility index (Phi) is 7.41. The molecule has 1 aliphatic carbocycles. The molecule has 2 aromatic carbocycles. The predicted molar refractivity (Wildman–Crippen MR) is 135 cm³/mol. The van der Waals surface area contributed by atoms with Gasteiger partial charge in [0, 0.05) is 18.8 Å². The fraction of sp³-hybridized carbons (Fsp3) is 0.500. The largest absolute Gasteiger partial charge is 0.463 e. The van der Waals surface area contributed by atoms with Crippen molar-refractivity contribution in [3.63, 3.8) is 0 Å². The molecule has 5 nitrogen and oxygen atoms in total. The number of carbonyl (C=O) groups is 2. The number of Topliss-reactive ketones (excluding diaryl/α,β-unsaturated/α-hetero) is 1. The summed E-state index contributed by atoms with van der Waals surface area (Å²) in [6.07, 6.45) is 1.86. The molecule has 0 spiro atoms. The summed E-state index contributed by atoms with van der Waals surface area (Å²) in [5.74, 6) is -0.465. The molecule has 4 atom stereocenters. The summed E-state index contributed by atoms with van der Waals surface area (Å²) in [5, 5.41) is 2.25. The third-order valence-electron chi connectivity index (χ3n) is 7.34. The minimum atomic E-state index is -2.73. The first-order valence-corrected chi connectivity index (χ1v) is 14.2. The van der Waals surface area contributed by atoms with Crippen LogP contribution < -0.4 is 10.4 Å². The molecule has 1 saturated carbocycles. The zero-order chi connectivity index (χ0) is 24.3. The molecule has 4 rings (SSSR count). The van der Waals surface area contributed by atoms with Gasteiger partial charge in [0.15, 0.2) is 0 Å². The van der Waals surface area contributed by atoms with E-state index in [9.17, 15) is 9.59 Å². The summed E-state index contributed by atoms with van der Waals surface area (Å²) in [5.41, 5.74) is 0. The molecular formula is C28H36O5Si. The quantitative estimate of drug-likeness (QED) is 0.445. The van der Waals surface area contributed by atoms with Crippen LogP contribution in [-0.4, -0.2) is 45.5 Å². The fourth-order valence-electron chi connectivity index (χ4n) is 5.75. The normalized spacial score (nSPS) is 25.1. The highest BCUT2D eigenvalue weighted by Crippen LogP contribution is 2.40. The van der Waals surface area contributed by atoms with Crippen molar-refractivity contribution in [3.05, 3.63) is 60.7 Å². The van der Waals surface area contributed by atoms with Crippen LogP contribution >= 0.6 is 0 Å². The summed E-state index contributed by atoms with van der Waals surface area (Å²) < 4.78 is 18.8. The van der Waals surface area contributed by atoms with Gasteiger partial charge in [-0.25, -0.2) is 0 Å². The third kappa shape index (κ3) is 4.76. The molecule has 0 unspecified atom stereocenters. The first-order chi connectivity index (χ1) is 16.2. The van der Waals surface area contributed by atoms with Crippen LogP contribution in [0, 0.1) is 11.8 Å². The first-order valence-electron chi connectivity index (χ1n) is 12.3. The van der Waals surface area contributed by atoms with Crippen LogP contribution in [0.2, 0.25) is 5.04 Å². The van der Waals surface area contributed by atoms with Crippen LogP contribution in [0.3, 0.4) is 0 Å². The van der Waals surface area contributed by atoms with Crippen LogP contribution in [0.4, 0.5) is 0 Å². The van der Waals surface area contributed by atoms with Crippen LogP contribution in [0.15, 0.2) is 60.7 Å². The van der Waals surface area contributed by atoms with Gasteiger partial charge in [0.1, 0.15) is 18.5 Å². The van der Waals surface area contributed by atoms with Gasteiger partial charge in [0.2, 0.25) is 0 Å². The maximum atomic E-state index is 13.3. The first kappa shape index (κ1) is 24.8. The van der Waals surface area contributed by atoms with Gasteiger partial charge in [-0.15, -0.1) is 0 Å². The number of benzene rings is 2. The lowest BCUT2D eigenvalue weighted by Crippen LogP contribution is -2.67. The van der Waals surface area contributed by atoms with Crippen LogP contribution in [-0.2, 0) is 23.5 Å². The average Bonchev–Trinajstić information content (AvgIpc) is 2.80. The molecular weight excluding hydrogens is 444 g/mol. The third-order valence-corrected chi connectivity index (χ3v) is 12.3. The zero-order valence-electron chi connectivity index (χ0n) is 20.7. The number of hydrogen-bond donors (Lipinski definition) is 0. The Labute approximate surface area is 203 Å². The van der Waals surface area contributed by atoms with Crippen molar-refractivity contribution in [2.45, 2.75) is 64.2 Å². The zero-order valence-corrected chi connectivity index (χ0v) is 21.7. The van der Waals surface area contributed by atoms with E-state index in [1.807, 2.05) is 12.1 Å². The minimum Gasteiger partial charge on any atom is -0.463 e. The fourth-order valence-corrected chi connectivity index (χ4v) is 10.3. The molecule has 2 aromatic rings. The number of carbonyl (C=O) groups excluding carboxylic acids is 2. The monoisotopic (exact) mass is 480 g/mol. The molecule has 182 valence electrons. The maximum absolute atomic E-state index is 13.3. The van der Waals surface area contributed by atoms with E-state index in [4.69, 9.17) is 13.9 Å². The van der Waals surface area contributed by atoms with Gasteiger partial charge >= 0.3 is 5.97 Å². The van der Waals surface area contributed by atoms with Gasteiger partial charge in [-0.2, -0.15) is 0 Å². The molecule has 2 fully saturated rings. The molecule has 1 saturated heterocycles. The van der Waals surface area contributed by atoms with Crippen molar-refractivity contribution in [1.29, 1.82) is 0 Å². The van der Waals surface area contributed by atoms with Crippen LogP contribution in [0.5, 0.6) is 0 Å². The van der Waals surface area contributed by atoms with E-state index in [2.05, 4.69) is 69.3 Å². The van der Waals surface area contributed by atoms with Crippen molar-refractivity contribution in [2.24, 2.45) is 11.8 Å². The topological polar surface area (TPSA) is 61.8 Å². The van der Waals surface area contributed by atoms with E-state index >= 15 is 0 Å². The van der Waals surface area contributed by atoms with E-state index in [0.29, 0.717) is 6.61 Å². The number of hydrogen-bond acceptors (Lipinski definition) is 5. The Balaban J connectivity index is 1.67. The van der Waals surface area contributed by atoms with Crippen LogP contribution in [0.1, 0.15) is 47.0 Å². The smallest absolute Gasteiger partial charge is 0.302 e. The Bertz CT molecular complexity index is 945. The van der Waals surface area contributed by atoms with E-state index in [0.717, 1.165) is 19.3 Å². The molecule has 1 heterocycles. The maximum Gasteiger partial charge on any atom is 0.302 e. The highest BCUT2D eigenvalue weighted by molar-refractivity contribution is 6.99. The molecule has 34 heavy (non-hydrogen) atoms. The van der Waals surface area contributed by atoms with E-state index in [1.165, 1.54) is 17.3 Å². The highest BCUT2D eigenvalue weighted by Gasteiger charge is 2.52. The van der Waals surface area contributed by atoms with E-state index in [-0.39, 0.29) is 41.3 Å². The molecule has 0 aromatic heterocycles. The molecule has 0 radical (unpaired) electrons. The lowest BCUT2D eigenvalue weighted by molar-refractivity contribution is -0.182. The minimum absolute atomic E-state index is 0.119. The van der Waals surface area contributed by atoms with Gasteiger partial charge in [-0.3, -0.25) is 9.59 Å². The second-order valence-electron chi connectivity index (χ2n) is 10.5. The Morgan fingerprint density at radius 2 is 1.41 bits per heavy atom. The molecule has 6 heteroatoms.